The van der Waals surface area contributed by atoms with Crippen LogP contribution in [0.2, 0.25) is 0 Å². The molecule has 17 heavy (non-hydrogen) atoms. The number of amides is 1. The first kappa shape index (κ1) is 11.8. The number of alkyl halides is 3. The molecule has 0 bridgehead atoms. The summed E-state index contributed by atoms with van der Waals surface area (Å²) in [6, 6.07) is 3.94. The van der Waals surface area contributed by atoms with Crippen molar-refractivity contribution >= 4 is 12.1 Å². The molecule has 0 saturated heterocycles. The Morgan fingerprint density at radius 3 is 2.59 bits per heavy atom. The molecule has 0 heterocycles. The van der Waals surface area contributed by atoms with Crippen molar-refractivity contribution in [2.45, 2.75) is 25.1 Å². The second-order valence-corrected chi connectivity index (χ2v) is 3.83. The molecule has 0 aromatic heterocycles. The molecule has 92 valence electrons. The summed E-state index contributed by atoms with van der Waals surface area (Å²) in [7, 11) is 0. The molecule has 2 rings (SSSR count). The molecule has 1 aromatic carbocycles. The summed E-state index contributed by atoms with van der Waals surface area (Å²) in [5.74, 6) is -0.0370. The van der Waals surface area contributed by atoms with Gasteiger partial charge in [-0.1, -0.05) is 0 Å². The number of anilines is 1. The SMILES string of the molecule is O=CNc1ccc(OC(F)(F)F)cc1C1CC1. The summed E-state index contributed by atoms with van der Waals surface area (Å²) in [6.45, 7) is 0. The lowest BCUT2D eigenvalue weighted by Gasteiger charge is -2.12. The zero-order valence-corrected chi connectivity index (χ0v) is 8.75. The number of halogens is 3. The van der Waals surface area contributed by atoms with Crippen molar-refractivity contribution in [1.82, 2.24) is 0 Å². The van der Waals surface area contributed by atoms with Crippen molar-refractivity contribution < 1.29 is 22.7 Å². The quantitative estimate of drug-likeness (QED) is 0.828. The fourth-order valence-electron chi connectivity index (χ4n) is 1.66. The van der Waals surface area contributed by atoms with Crippen LogP contribution in [0, 0.1) is 0 Å². The lowest BCUT2D eigenvalue weighted by Crippen LogP contribution is -2.17. The third kappa shape index (κ3) is 3.12. The highest BCUT2D eigenvalue weighted by Gasteiger charge is 2.32. The lowest BCUT2D eigenvalue weighted by atomic mass is 10.1. The number of carbonyl (C=O) groups excluding carboxylic acids is 1. The van der Waals surface area contributed by atoms with Crippen LogP contribution in [0.5, 0.6) is 5.75 Å². The smallest absolute Gasteiger partial charge is 0.406 e. The van der Waals surface area contributed by atoms with E-state index in [2.05, 4.69) is 10.1 Å². The third-order valence-corrected chi connectivity index (χ3v) is 2.49. The molecule has 3 nitrogen and oxygen atoms in total. The minimum atomic E-state index is -4.69. The highest BCUT2D eigenvalue weighted by atomic mass is 19.4. The van der Waals surface area contributed by atoms with Gasteiger partial charge in [-0.2, -0.15) is 0 Å². The van der Waals surface area contributed by atoms with Crippen molar-refractivity contribution in [2.75, 3.05) is 5.32 Å². The zero-order chi connectivity index (χ0) is 12.5. The van der Waals surface area contributed by atoms with E-state index in [-0.39, 0.29) is 11.7 Å². The minimum absolute atomic E-state index is 0.217. The highest BCUT2D eigenvalue weighted by Crippen LogP contribution is 2.44. The van der Waals surface area contributed by atoms with Crippen molar-refractivity contribution in [3.63, 3.8) is 0 Å². The van der Waals surface area contributed by atoms with Crippen LogP contribution in [0.25, 0.3) is 0 Å². The number of rotatable bonds is 4. The van der Waals surface area contributed by atoms with E-state index in [1.165, 1.54) is 18.2 Å². The Kier molecular flexibility index (Phi) is 2.95. The van der Waals surface area contributed by atoms with Gasteiger partial charge in [0.25, 0.3) is 0 Å². The van der Waals surface area contributed by atoms with E-state index >= 15 is 0 Å². The van der Waals surface area contributed by atoms with Gasteiger partial charge in [0, 0.05) is 5.69 Å². The molecule has 1 aliphatic rings. The van der Waals surface area contributed by atoms with Gasteiger partial charge in [0.05, 0.1) is 0 Å². The topological polar surface area (TPSA) is 38.3 Å². The fourth-order valence-corrected chi connectivity index (χ4v) is 1.66. The number of nitrogens with one attached hydrogen (secondary N) is 1. The van der Waals surface area contributed by atoms with Crippen molar-refractivity contribution in [1.29, 1.82) is 0 Å². The molecule has 0 radical (unpaired) electrons. The molecule has 1 fully saturated rings. The summed E-state index contributed by atoms with van der Waals surface area (Å²) in [5, 5.41) is 2.47. The van der Waals surface area contributed by atoms with Gasteiger partial charge in [-0.05, 0) is 42.5 Å². The van der Waals surface area contributed by atoms with Crippen LogP contribution in [-0.2, 0) is 4.79 Å². The van der Waals surface area contributed by atoms with E-state index in [0.29, 0.717) is 17.7 Å². The first-order valence-corrected chi connectivity index (χ1v) is 5.09. The predicted molar refractivity (Wildman–Crippen MR) is 54.8 cm³/mol. The van der Waals surface area contributed by atoms with Gasteiger partial charge in [0.1, 0.15) is 5.75 Å². The van der Waals surface area contributed by atoms with Crippen LogP contribution >= 0.6 is 0 Å². The van der Waals surface area contributed by atoms with Gasteiger partial charge < -0.3 is 10.1 Å². The van der Waals surface area contributed by atoms with Crippen LogP contribution in [0.1, 0.15) is 24.3 Å². The second-order valence-electron chi connectivity index (χ2n) is 3.83. The van der Waals surface area contributed by atoms with Gasteiger partial charge in [0.15, 0.2) is 0 Å². The van der Waals surface area contributed by atoms with Crippen LogP contribution < -0.4 is 10.1 Å². The van der Waals surface area contributed by atoms with Gasteiger partial charge in [-0.3, -0.25) is 4.79 Å². The van der Waals surface area contributed by atoms with Crippen LogP contribution in [0.4, 0.5) is 18.9 Å². The Balaban J connectivity index is 2.25. The molecule has 1 aromatic rings. The Morgan fingerprint density at radius 2 is 2.06 bits per heavy atom. The monoisotopic (exact) mass is 245 g/mol. The molecular formula is C11H10F3NO2. The van der Waals surface area contributed by atoms with E-state index < -0.39 is 6.36 Å². The molecule has 0 atom stereocenters. The maximum absolute atomic E-state index is 12.0. The number of benzene rings is 1. The first-order valence-electron chi connectivity index (χ1n) is 5.09. The number of hydrogen-bond acceptors (Lipinski definition) is 2. The normalized spacial score (nSPS) is 15.5. The van der Waals surface area contributed by atoms with Crippen molar-refractivity contribution in [3.8, 4) is 5.75 Å². The molecule has 6 heteroatoms. The molecule has 0 unspecified atom stereocenters. The third-order valence-electron chi connectivity index (χ3n) is 2.49. The number of carbonyl (C=O) groups is 1. The fraction of sp³-hybridized carbons (Fsp3) is 0.364. The van der Waals surface area contributed by atoms with Crippen LogP contribution in [-0.4, -0.2) is 12.8 Å². The van der Waals surface area contributed by atoms with Gasteiger partial charge in [-0.25, -0.2) is 0 Å². The van der Waals surface area contributed by atoms with E-state index in [1.807, 2.05) is 0 Å². The molecule has 0 spiro atoms. The molecule has 1 aliphatic carbocycles. The molecule has 1 saturated carbocycles. The summed E-state index contributed by atoms with van der Waals surface area (Å²) in [4.78, 5) is 10.4. The van der Waals surface area contributed by atoms with Crippen LogP contribution in [0.3, 0.4) is 0 Å². The van der Waals surface area contributed by atoms with Gasteiger partial charge >= 0.3 is 6.36 Å². The predicted octanol–water partition coefficient (Wildman–Crippen LogP) is 3.03. The van der Waals surface area contributed by atoms with Crippen LogP contribution in [0.15, 0.2) is 18.2 Å². The molecular weight excluding hydrogens is 235 g/mol. The molecule has 0 aliphatic heterocycles. The van der Waals surface area contributed by atoms with Gasteiger partial charge in [0.2, 0.25) is 6.41 Å². The van der Waals surface area contributed by atoms with E-state index in [9.17, 15) is 18.0 Å². The maximum atomic E-state index is 12.0. The average Bonchev–Trinajstić information content (AvgIpc) is 3.02. The standard InChI is InChI=1S/C11H10F3NO2/c12-11(13,14)17-8-3-4-10(15-6-16)9(5-8)7-1-2-7/h3-7H,1-2H2,(H,15,16). The number of ether oxygens (including phenoxy) is 1. The summed E-state index contributed by atoms with van der Waals surface area (Å²) in [6.07, 6.45) is -2.35. The summed E-state index contributed by atoms with van der Waals surface area (Å²) < 4.78 is 40.0. The zero-order valence-electron chi connectivity index (χ0n) is 8.75. The Labute approximate surface area is 95.6 Å². The highest BCUT2D eigenvalue weighted by molar-refractivity contribution is 5.74. The maximum Gasteiger partial charge on any atom is 0.573 e. The number of hydrogen-bond donors (Lipinski definition) is 1. The average molecular weight is 245 g/mol. The lowest BCUT2D eigenvalue weighted by molar-refractivity contribution is -0.274. The van der Waals surface area contributed by atoms with E-state index in [1.54, 1.807) is 0 Å². The van der Waals surface area contributed by atoms with Crippen molar-refractivity contribution in [3.05, 3.63) is 23.8 Å². The Morgan fingerprint density at radius 1 is 1.35 bits per heavy atom. The summed E-state index contributed by atoms with van der Waals surface area (Å²) in [5.41, 5.74) is 1.23. The minimum Gasteiger partial charge on any atom is -0.406 e. The molecule has 1 amide bonds. The van der Waals surface area contributed by atoms with Crippen molar-refractivity contribution in [2.24, 2.45) is 0 Å². The van der Waals surface area contributed by atoms with E-state index in [4.69, 9.17) is 0 Å². The Bertz CT molecular complexity index is 427. The second kappa shape index (κ2) is 4.27. The Hall–Kier alpha value is -1.72. The molecule has 1 N–H and O–H groups in total. The van der Waals surface area contributed by atoms with Gasteiger partial charge in [-0.15, -0.1) is 13.2 Å². The first-order chi connectivity index (χ1) is 7.99. The summed E-state index contributed by atoms with van der Waals surface area (Å²) >= 11 is 0. The largest absolute Gasteiger partial charge is 0.573 e. The van der Waals surface area contributed by atoms with E-state index in [0.717, 1.165) is 12.8 Å².